The topological polar surface area (TPSA) is 59.8 Å². The SMILES string of the molecule is Cc1cc(NC(=O)/C=C/c2cccc(Cl)c2)n(-c2ccc3ccccc3n2)n1. The monoisotopic (exact) mass is 388 g/mol. The lowest BCUT2D eigenvalue weighted by Crippen LogP contribution is -2.13. The zero-order valence-electron chi connectivity index (χ0n) is 15.1. The number of nitrogens with one attached hydrogen (secondary N) is 1. The van der Waals surface area contributed by atoms with Crippen molar-refractivity contribution in [2.75, 3.05) is 5.32 Å². The normalized spacial score (nSPS) is 11.2. The molecule has 0 aliphatic carbocycles. The van der Waals surface area contributed by atoms with Crippen LogP contribution in [0.25, 0.3) is 22.8 Å². The molecule has 0 atom stereocenters. The number of benzene rings is 2. The predicted molar refractivity (Wildman–Crippen MR) is 113 cm³/mol. The molecule has 0 unspecified atom stereocenters. The van der Waals surface area contributed by atoms with Gasteiger partial charge in [-0.25, -0.2) is 4.98 Å². The minimum atomic E-state index is -0.262. The molecule has 0 saturated carbocycles. The summed E-state index contributed by atoms with van der Waals surface area (Å²) in [6.45, 7) is 1.87. The van der Waals surface area contributed by atoms with Crippen LogP contribution in [0.3, 0.4) is 0 Å². The summed E-state index contributed by atoms with van der Waals surface area (Å²) in [7, 11) is 0. The molecule has 28 heavy (non-hydrogen) atoms. The largest absolute Gasteiger partial charge is 0.307 e. The maximum atomic E-state index is 12.4. The van der Waals surface area contributed by atoms with Gasteiger partial charge < -0.3 is 5.32 Å². The summed E-state index contributed by atoms with van der Waals surface area (Å²) < 4.78 is 1.63. The van der Waals surface area contributed by atoms with E-state index in [4.69, 9.17) is 11.6 Å². The first-order chi connectivity index (χ1) is 13.6. The zero-order chi connectivity index (χ0) is 19.5. The van der Waals surface area contributed by atoms with Crippen molar-refractivity contribution >= 4 is 40.3 Å². The van der Waals surface area contributed by atoms with Crippen molar-refractivity contribution in [3.63, 3.8) is 0 Å². The van der Waals surface area contributed by atoms with Gasteiger partial charge in [0.25, 0.3) is 0 Å². The number of fused-ring (bicyclic) bond motifs is 1. The van der Waals surface area contributed by atoms with Crippen molar-refractivity contribution in [3.05, 3.63) is 89.1 Å². The summed E-state index contributed by atoms with van der Waals surface area (Å²) in [5.41, 5.74) is 2.50. The Morgan fingerprint density at radius 1 is 1.07 bits per heavy atom. The van der Waals surface area contributed by atoms with Gasteiger partial charge in [-0.1, -0.05) is 41.9 Å². The lowest BCUT2D eigenvalue weighted by Gasteiger charge is -2.08. The molecule has 2 heterocycles. The van der Waals surface area contributed by atoms with Gasteiger partial charge in [0, 0.05) is 22.6 Å². The van der Waals surface area contributed by atoms with Crippen LogP contribution in [0.15, 0.2) is 72.8 Å². The van der Waals surface area contributed by atoms with Crippen LogP contribution in [0.4, 0.5) is 5.82 Å². The van der Waals surface area contributed by atoms with E-state index in [1.54, 1.807) is 22.9 Å². The summed E-state index contributed by atoms with van der Waals surface area (Å²) in [4.78, 5) is 17.0. The Hall–Kier alpha value is -3.44. The molecule has 0 saturated heterocycles. The minimum Gasteiger partial charge on any atom is -0.307 e. The predicted octanol–water partition coefficient (Wildman–Crippen LogP) is 5.03. The third-order valence-electron chi connectivity index (χ3n) is 4.16. The number of carbonyl (C=O) groups is 1. The van der Waals surface area contributed by atoms with E-state index in [-0.39, 0.29) is 5.91 Å². The lowest BCUT2D eigenvalue weighted by molar-refractivity contribution is -0.111. The number of amides is 1. The van der Waals surface area contributed by atoms with Crippen LogP contribution in [-0.2, 0) is 4.79 Å². The highest BCUT2D eigenvalue weighted by atomic mass is 35.5. The van der Waals surface area contributed by atoms with E-state index in [0.29, 0.717) is 16.7 Å². The van der Waals surface area contributed by atoms with Crippen LogP contribution in [0.2, 0.25) is 5.02 Å². The average molecular weight is 389 g/mol. The van der Waals surface area contributed by atoms with E-state index < -0.39 is 0 Å². The second kappa shape index (κ2) is 7.66. The Kier molecular flexibility index (Phi) is 4.91. The van der Waals surface area contributed by atoms with E-state index in [1.165, 1.54) is 6.08 Å². The summed E-state index contributed by atoms with van der Waals surface area (Å²) in [6, 6.07) is 20.8. The fourth-order valence-corrected chi connectivity index (χ4v) is 3.09. The molecule has 1 amide bonds. The molecule has 2 aromatic heterocycles. The number of halogens is 1. The van der Waals surface area contributed by atoms with E-state index in [2.05, 4.69) is 15.4 Å². The maximum Gasteiger partial charge on any atom is 0.249 e. The van der Waals surface area contributed by atoms with Crippen molar-refractivity contribution < 1.29 is 4.79 Å². The molecule has 4 aromatic rings. The molecular weight excluding hydrogens is 372 g/mol. The van der Waals surface area contributed by atoms with Gasteiger partial charge in [-0.3, -0.25) is 4.79 Å². The second-order valence-electron chi connectivity index (χ2n) is 6.32. The average Bonchev–Trinajstić information content (AvgIpc) is 3.06. The number of aromatic nitrogens is 3. The summed E-state index contributed by atoms with van der Waals surface area (Å²) in [6.07, 6.45) is 3.18. The Bertz CT molecular complexity index is 1200. The van der Waals surface area contributed by atoms with Gasteiger partial charge in [0.2, 0.25) is 5.91 Å². The number of carbonyl (C=O) groups excluding carboxylic acids is 1. The Morgan fingerprint density at radius 2 is 1.93 bits per heavy atom. The molecule has 0 radical (unpaired) electrons. The van der Waals surface area contributed by atoms with Crippen LogP contribution in [0.5, 0.6) is 0 Å². The second-order valence-corrected chi connectivity index (χ2v) is 6.76. The first-order valence-electron chi connectivity index (χ1n) is 8.76. The smallest absolute Gasteiger partial charge is 0.249 e. The van der Waals surface area contributed by atoms with Gasteiger partial charge in [0.1, 0.15) is 5.82 Å². The quantitative estimate of drug-likeness (QED) is 0.498. The molecule has 4 rings (SSSR count). The third kappa shape index (κ3) is 3.94. The molecule has 1 N–H and O–H groups in total. The van der Waals surface area contributed by atoms with Gasteiger partial charge >= 0.3 is 0 Å². The van der Waals surface area contributed by atoms with E-state index in [1.807, 2.05) is 61.5 Å². The van der Waals surface area contributed by atoms with Crippen molar-refractivity contribution in [2.24, 2.45) is 0 Å². The van der Waals surface area contributed by atoms with Crippen molar-refractivity contribution in [2.45, 2.75) is 6.92 Å². The molecule has 5 nitrogen and oxygen atoms in total. The third-order valence-corrected chi connectivity index (χ3v) is 4.39. The van der Waals surface area contributed by atoms with E-state index in [9.17, 15) is 4.79 Å². The summed E-state index contributed by atoms with van der Waals surface area (Å²) in [5, 5.41) is 9.00. The van der Waals surface area contributed by atoms with Gasteiger partial charge in [-0.2, -0.15) is 9.78 Å². The highest BCUT2D eigenvalue weighted by molar-refractivity contribution is 6.30. The molecule has 0 aliphatic heterocycles. The van der Waals surface area contributed by atoms with Gasteiger partial charge in [-0.15, -0.1) is 0 Å². The Labute approximate surface area is 167 Å². The standard InChI is InChI=1S/C22H17ClN4O/c1-15-13-21(25-22(28)12-9-16-5-4-7-18(23)14-16)27(26-15)20-11-10-17-6-2-3-8-19(17)24-20/h2-14H,1H3,(H,25,28)/b12-9+. The summed E-state index contributed by atoms with van der Waals surface area (Å²) >= 11 is 5.97. The number of hydrogen-bond donors (Lipinski definition) is 1. The number of hydrogen-bond acceptors (Lipinski definition) is 3. The molecule has 2 aromatic carbocycles. The number of pyridine rings is 1. The van der Waals surface area contributed by atoms with Crippen molar-refractivity contribution in [3.8, 4) is 5.82 Å². The number of para-hydroxylation sites is 1. The Balaban J connectivity index is 1.59. The summed E-state index contributed by atoms with van der Waals surface area (Å²) in [5.74, 6) is 0.934. The first kappa shape index (κ1) is 17.9. The number of anilines is 1. The van der Waals surface area contributed by atoms with Crippen LogP contribution in [-0.4, -0.2) is 20.7 Å². The maximum absolute atomic E-state index is 12.4. The molecule has 0 bridgehead atoms. The van der Waals surface area contributed by atoms with Crippen molar-refractivity contribution in [1.82, 2.24) is 14.8 Å². The van der Waals surface area contributed by atoms with Crippen LogP contribution in [0.1, 0.15) is 11.3 Å². The molecule has 0 aliphatic rings. The van der Waals surface area contributed by atoms with Crippen LogP contribution in [0, 0.1) is 6.92 Å². The Morgan fingerprint density at radius 3 is 2.79 bits per heavy atom. The fourth-order valence-electron chi connectivity index (χ4n) is 2.89. The van der Waals surface area contributed by atoms with Gasteiger partial charge in [0.05, 0.1) is 11.2 Å². The van der Waals surface area contributed by atoms with E-state index >= 15 is 0 Å². The van der Waals surface area contributed by atoms with Gasteiger partial charge in [-0.05, 0) is 48.9 Å². The van der Waals surface area contributed by atoms with E-state index in [0.717, 1.165) is 22.2 Å². The highest BCUT2D eigenvalue weighted by Crippen LogP contribution is 2.19. The number of rotatable bonds is 4. The van der Waals surface area contributed by atoms with Crippen LogP contribution < -0.4 is 5.32 Å². The fraction of sp³-hybridized carbons (Fsp3) is 0.0455. The molecular formula is C22H17ClN4O. The molecule has 0 fully saturated rings. The minimum absolute atomic E-state index is 0.262. The lowest BCUT2D eigenvalue weighted by atomic mass is 10.2. The molecule has 0 spiro atoms. The highest BCUT2D eigenvalue weighted by Gasteiger charge is 2.11. The van der Waals surface area contributed by atoms with Gasteiger partial charge in [0.15, 0.2) is 5.82 Å². The van der Waals surface area contributed by atoms with Crippen LogP contribution >= 0.6 is 11.6 Å². The molecule has 138 valence electrons. The number of aryl methyl sites for hydroxylation is 1. The first-order valence-corrected chi connectivity index (χ1v) is 9.14. The number of nitrogens with zero attached hydrogens (tertiary/aromatic N) is 3. The molecule has 6 heteroatoms. The zero-order valence-corrected chi connectivity index (χ0v) is 15.9. The van der Waals surface area contributed by atoms with Crippen molar-refractivity contribution in [1.29, 1.82) is 0 Å².